The van der Waals surface area contributed by atoms with Crippen LogP contribution in [0.15, 0.2) is 34.9 Å². The highest BCUT2D eigenvalue weighted by Crippen LogP contribution is 2.28. The van der Waals surface area contributed by atoms with Crippen molar-refractivity contribution in [3.63, 3.8) is 0 Å². The van der Waals surface area contributed by atoms with Crippen LogP contribution in [0.1, 0.15) is 18.2 Å². The van der Waals surface area contributed by atoms with E-state index in [0.717, 1.165) is 11.1 Å². The van der Waals surface area contributed by atoms with Crippen LogP contribution in [0, 0.1) is 0 Å². The lowest BCUT2D eigenvalue weighted by atomic mass is 10.1. The number of benzene rings is 1. The Kier molecular flexibility index (Phi) is 3.73. The highest BCUT2D eigenvalue weighted by Gasteiger charge is 2.20. The van der Waals surface area contributed by atoms with Crippen molar-refractivity contribution in [1.29, 1.82) is 0 Å². The average Bonchev–Trinajstić information content (AvgIpc) is 2.70. The van der Waals surface area contributed by atoms with E-state index in [0.29, 0.717) is 17.9 Å². The molecular weight excluding hydrogens is 274 g/mol. The molecule has 6 heteroatoms. The van der Waals surface area contributed by atoms with Gasteiger partial charge in [-0.05, 0) is 6.42 Å². The summed E-state index contributed by atoms with van der Waals surface area (Å²) in [5.74, 6) is 0.294. The Morgan fingerprint density at radius 2 is 1.94 bits per heavy atom. The Bertz CT molecular complexity index is 635. The second kappa shape index (κ2) is 5.12. The second-order valence-corrected chi connectivity index (χ2v) is 6.62. The van der Waals surface area contributed by atoms with Gasteiger partial charge in [-0.3, -0.25) is 0 Å². The first kappa shape index (κ1) is 13.1. The van der Waals surface area contributed by atoms with Crippen molar-refractivity contribution < 1.29 is 12.9 Å². The molecule has 96 valence electrons. The van der Waals surface area contributed by atoms with E-state index in [9.17, 15) is 8.42 Å². The Morgan fingerprint density at radius 1 is 1.28 bits per heavy atom. The standard InChI is InChI=1S/C12H12ClNO3S/c1-2-10-11(8-18(13,15)16)14-17-12(10)9-6-4-3-5-7-9/h3-7H,2,8H2,1H3. The minimum Gasteiger partial charge on any atom is -0.356 e. The van der Waals surface area contributed by atoms with Crippen molar-refractivity contribution in [3.05, 3.63) is 41.6 Å². The predicted molar refractivity (Wildman–Crippen MR) is 69.8 cm³/mol. The van der Waals surface area contributed by atoms with E-state index in [1.807, 2.05) is 37.3 Å². The minimum absolute atomic E-state index is 0.311. The van der Waals surface area contributed by atoms with E-state index in [2.05, 4.69) is 5.16 Å². The molecule has 0 unspecified atom stereocenters. The fraction of sp³-hybridized carbons (Fsp3) is 0.250. The molecule has 0 spiro atoms. The molecule has 0 aliphatic carbocycles. The molecule has 0 amide bonds. The molecule has 0 N–H and O–H groups in total. The van der Waals surface area contributed by atoms with E-state index < -0.39 is 9.05 Å². The molecule has 1 aromatic heterocycles. The highest BCUT2D eigenvalue weighted by atomic mass is 35.7. The van der Waals surface area contributed by atoms with Gasteiger partial charge >= 0.3 is 0 Å². The summed E-state index contributed by atoms with van der Waals surface area (Å²) in [6, 6.07) is 9.44. The first-order chi connectivity index (χ1) is 8.51. The molecule has 4 nitrogen and oxygen atoms in total. The van der Waals surface area contributed by atoms with E-state index in [-0.39, 0.29) is 5.75 Å². The molecular formula is C12H12ClNO3S. The molecule has 1 heterocycles. The smallest absolute Gasteiger partial charge is 0.238 e. The predicted octanol–water partition coefficient (Wildman–Crippen LogP) is 2.97. The van der Waals surface area contributed by atoms with Gasteiger partial charge < -0.3 is 4.52 Å². The molecule has 0 saturated heterocycles. The topological polar surface area (TPSA) is 60.2 Å². The van der Waals surface area contributed by atoms with Gasteiger partial charge in [-0.2, -0.15) is 0 Å². The van der Waals surface area contributed by atoms with Crippen LogP contribution in [0.4, 0.5) is 0 Å². The van der Waals surface area contributed by atoms with Crippen molar-refractivity contribution >= 4 is 19.7 Å². The number of nitrogens with zero attached hydrogens (tertiary/aromatic N) is 1. The Labute approximate surface area is 110 Å². The summed E-state index contributed by atoms with van der Waals surface area (Å²) in [6.07, 6.45) is 0.634. The SMILES string of the molecule is CCc1c(CS(=O)(=O)Cl)noc1-c1ccccc1. The van der Waals surface area contributed by atoms with Crippen molar-refractivity contribution in [2.24, 2.45) is 0 Å². The van der Waals surface area contributed by atoms with Gasteiger partial charge in [0.25, 0.3) is 0 Å². The minimum atomic E-state index is -3.63. The largest absolute Gasteiger partial charge is 0.356 e. The lowest BCUT2D eigenvalue weighted by Crippen LogP contribution is -1.99. The van der Waals surface area contributed by atoms with E-state index in [1.54, 1.807) is 0 Å². The summed E-state index contributed by atoms with van der Waals surface area (Å²) in [4.78, 5) is 0. The summed E-state index contributed by atoms with van der Waals surface area (Å²) in [5.41, 5.74) is 2.04. The molecule has 0 bridgehead atoms. The maximum absolute atomic E-state index is 11.1. The molecule has 0 saturated carbocycles. The van der Waals surface area contributed by atoms with Gasteiger partial charge in [0.05, 0.1) is 0 Å². The van der Waals surface area contributed by atoms with Gasteiger partial charge in [-0.15, -0.1) is 0 Å². The van der Waals surface area contributed by atoms with Crippen LogP contribution in [0.25, 0.3) is 11.3 Å². The van der Waals surface area contributed by atoms with Crippen molar-refractivity contribution in [2.45, 2.75) is 19.1 Å². The number of rotatable bonds is 4. The Morgan fingerprint density at radius 3 is 2.50 bits per heavy atom. The lowest BCUT2D eigenvalue weighted by molar-refractivity contribution is 0.425. The van der Waals surface area contributed by atoms with Gasteiger partial charge in [-0.25, -0.2) is 8.42 Å². The summed E-state index contributed by atoms with van der Waals surface area (Å²) >= 11 is 0. The first-order valence-corrected chi connectivity index (χ1v) is 7.94. The fourth-order valence-corrected chi connectivity index (χ4v) is 2.66. The first-order valence-electron chi connectivity index (χ1n) is 5.46. The maximum atomic E-state index is 11.1. The Hall–Kier alpha value is -1.33. The van der Waals surface area contributed by atoms with Crippen LogP contribution in [0.3, 0.4) is 0 Å². The summed E-state index contributed by atoms with van der Waals surface area (Å²) in [5, 5.41) is 3.81. The molecule has 1 aromatic carbocycles. The van der Waals surface area contributed by atoms with Crippen molar-refractivity contribution in [1.82, 2.24) is 5.16 Å². The number of aromatic nitrogens is 1. The number of hydrogen-bond acceptors (Lipinski definition) is 4. The summed E-state index contributed by atoms with van der Waals surface area (Å²) < 4.78 is 27.4. The van der Waals surface area contributed by atoms with Crippen LogP contribution in [-0.2, 0) is 21.2 Å². The third-order valence-corrected chi connectivity index (χ3v) is 3.51. The molecule has 0 aliphatic rings. The quantitative estimate of drug-likeness (QED) is 0.810. The number of hydrogen-bond donors (Lipinski definition) is 0. The van der Waals surface area contributed by atoms with Crippen LogP contribution < -0.4 is 0 Å². The maximum Gasteiger partial charge on any atom is 0.238 e. The lowest BCUT2D eigenvalue weighted by Gasteiger charge is -1.99. The van der Waals surface area contributed by atoms with Crippen LogP contribution in [-0.4, -0.2) is 13.6 Å². The van der Waals surface area contributed by atoms with Crippen LogP contribution in [0.5, 0.6) is 0 Å². The van der Waals surface area contributed by atoms with Crippen LogP contribution in [0.2, 0.25) is 0 Å². The molecule has 2 aromatic rings. The van der Waals surface area contributed by atoms with E-state index in [4.69, 9.17) is 15.2 Å². The summed E-state index contributed by atoms with van der Waals surface area (Å²) in [7, 11) is 1.61. The third-order valence-electron chi connectivity index (χ3n) is 2.57. The molecule has 0 atom stereocenters. The molecule has 18 heavy (non-hydrogen) atoms. The van der Waals surface area contributed by atoms with Crippen molar-refractivity contribution in [3.8, 4) is 11.3 Å². The van der Waals surface area contributed by atoms with E-state index >= 15 is 0 Å². The second-order valence-electron chi connectivity index (χ2n) is 3.84. The van der Waals surface area contributed by atoms with Crippen LogP contribution >= 0.6 is 10.7 Å². The zero-order valence-electron chi connectivity index (χ0n) is 9.76. The highest BCUT2D eigenvalue weighted by molar-refractivity contribution is 8.13. The Balaban J connectivity index is 2.46. The molecule has 2 rings (SSSR count). The van der Waals surface area contributed by atoms with E-state index in [1.165, 1.54) is 0 Å². The zero-order chi connectivity index (χ0) is 13.2. The fourth-order valence-electron chi connectivity index (χ4n) is 1.80. The number of halogens is 1. The summed E-state index contributed by atoms with van der Waals surface area (Å²) in [6.45, 7) is 1.92. The van der Waals surface area contributed by atoms with Gasteiger partial charge in [0, 0.05) is 21.8 Å². The van der Waals surface area contributed by atoms with Gasteiger partial charge in [-0.1, -0.05) is 42.4 Å². The molecule has 0 fully saturated rings. The monoisotopic (exact) mass is 285 g/mol. The third kappa shape index (κ3) is 2.91. The zero-order valence-corrected chi connectivity index (χ0v) is 11.3. The average molecular weight is 286 g/mol. The van der Waals surface area contributed by atoms with Gasteiger partial charge in [0.2, 0.25) is 9.05 Å². The van der Waals surface area contributed by atoms with Gasteiger partial charge in [0.1, 0.15) is 11.4 Å². The molecule has 0 aliphatic heterocycles. The molecule has 0 radical (unpaired) electrons. The van der Waals surface area contributed by atoms with Crippen molar-refractivity contribution in [2.75, 3.05) is 0 Å². The van der Waals surface area contributed by atoms with Gasteiger partial charge in [0.15, 0.2) is 5.76 Å². The normalized spacial score (nSPS) is 11.7.